The number of ether oxygens (including phenoxy) is 1. The summed E-state index contributed by atoms with van der Waals surface area (Å²) in [5.41, 5.74) is 1.66. The summed E-state index contributed by atoms with van der Waals surface area (Å²) in [4.78, 5) is 15.8. The molecule has 0 radical (unpaired) electrons. The minimum absolute atomic E-state index is 0.194. The van der Waals surface area contributed by atoms with E-state index in [1.807, 2.05) is 35.2 Å². The average molecular weight is 347 g/mol. The minimum Gasteiger partial charge on any atom is -0.506 e. The molecule has 6 heteroatoms. The smallest absolute Gasteiger partial charge is 0.410 e. The number of carbonyl (C=O) groups excluding carboxylic acids is 1. The molecule has 1 aliphatic rings. The van der Waals surface area contributed by atoms with Crippen molar-refractivity contribution in [2.45, 2.75) is 6.61 Å². The summed E-state index contributed by atoms with van der Waals surface area (Å²) in [5.74, 6) is 0.194. The molecule has 1 N–H and O–H groups in total. The lowest BCUT2D eigenvalue weighted by Gasteiger charge is -2.35. The number of phenolic OH excluding ortho intramolecular Hbond substituents is 1. The lowest BCUT2D eigenvalue weighted by atomic mass is 10.2. The molecule has 1 saturated heterocycles. The van der Waals surface area contributed by atoms with Crippen molar-refractivity contribution in [3.05, 3.63) is 59.1 Å². The van der Waals surface area contributed by atoms with Crippen LogP contribution in [0.5, 0.6) is 5.75 Å². The van der Waals surface area contributed by atoms with Gasteiger partial charge in [-0.1, -0.05) is 41.9 Å². The Balaban J connectivity index is 1.53. The summed E-state index contributed by atoms with van der Waals surface area (Å²) in [6.07, 6.45) is -0.311. The van der Waals surface area contributed by atoms with Gasteiger partial charge in [0.1, 0.15) is 12.4 Å². The topological polar surface area (TPSA) is 53.0 Å². The molecule has 0 saturated carbocycles. The van der Waals surface area contributed by atoms with Gasteiger partial charge < -0.3 is 19.6 Å². The number of hydrogen-bond donors (Lipinski definition) is 1. The maximum atomic E-state index is 12.2. The summed E-state index contributed by atoms with van der Waals surface area (Å²) >= 11 is 5.99. The molecule has 24 heavy (non-hydrogen) atoms. The Morgan fingerprint density at radius 2 is 1.79 bits per heavy atom. The second kappa shape index (κ2) is 7.45. The molecule has 0 aliphatic carbocycles. The van der Waals surface area contributed by atoms with E-state index in [0.29, 0.717) is 36.9 Å². The lowest BCUT2D eigenvalue weighted by molar-refractivity contribution is 0.0942. The fourth-order valence-electron chi connectivity index (χ4n) is 2.69. The third-order valence-electron chi connectivity index (χ3n) is 4.02. The van der Waals surface area contributed by atoms with Gasteiger partial charge in [0.2, 0.25) is 0 Å². The third-order valence-corrected chi connectivity index (χ3v) is 4.26. The van der Waals surface area contributed by atoms with Crippen LogP contribution in [0.2, 0.25) is 5.02 Å². The Bertz CT molecular complexity index is 701. The van der Waals surface area contributed by atoms with Crippen molar-refractivity contribution in [2.24, 2.45) is 0 Å². The highest BCUT2D eigenvalue weighted by Gasteiger charge is 2.23. The van der Waals surface area contributed by atoms with Gasteiger partial charge in [0.15, 0.2) is 0 Å². The molecule has 0 atom stereocenters. The first-order valence-electron chi connectivity index (χ1n) is 7.82. The molecule has 1 heterocycles. The normalized spacial score (nSPS) is 14.5. The zero-order valence-corrected chi connectivity index (χ0v) is 13.9. The molecule has 2 aromatic carbocycles. The Labute approximate surface area is 146 Å². The van der Waals surface area contributed by atoms with Crippen LogP contribution in [-0.2, 0) is 11.3 Å². The molecule has 1 aliphatic heterocycles. The molecule has 1 fully saturated rings. The van der Waals surface area contributed by atoms with Crippen molar-refractivity contribution in [2.75, 3.05) is 31.1 Å². The molecule has 2 aromatic rings. The van der Waals surface area contributed by atoms with E-state index < -0.39 is 0 Å². The number of phenols is 1. The van der Waals surface area contributed by atoms with Crippen molar-refractivity contribution >= 4 is 23.4 Å². The molecule has 3 rings (SSSR count). The number of rotatable bonds is 3. The van der Waals surface area contributed by atoms with Crippen LogP contribution in [0.15, 0.2) is 48.5 Å². The molecular weight excluding hydrogens is 328 g/mol. The average Bonchev–Trinajstić information content (AvgIpc) is 2.63. The van der Waals surface area contributed by atoms with E-state index in [1.165, 1.54) is 0 Å². The van der Waals surface area contributed by atoms with Crippen LogP contribution in [0.3, 0.4) is 0 Å². The Morgan fingerprint density at radius 1 is 1.08 bits per heavy atom. The highest BCUT2D eigenvalue weighted by Crippen LogP contribution is 2.30. The predicted molar refractivity (Wildman–Crippen MR) is 93.5 cm³/mol. The summed E-state index contributed by atoms with van der Waals surface area (Å²) in [6, 6.07) is 14.6. The molecule has 1 amide bonds. The van der Waals surface area contributed by atoms with Crippen LogP contribution in [0.25, 0.3) is 0 Å². The lowest BCUT2D eigenvalue weighted by Crippen LogP contribution is -2.49. The maximum Gasteiger partial charge on any atom is 0.410 e. The van der Waals surface area contributed by atoms with Gasteiger partial charge >= 0.3 is 6.09 Å². The largest absolute Gasteiger partial charge is 0.506 e. The molecule has 0 bridgehead atoms. The van der Waals surface area contributed by atoms with E-state index in [4.69, 9.17) is 16.3 Å². The van der Waals surface area contributed by atoms with Crippen LogP contribution in [0.1, 0.15) is 5.56 Å². The van der Waals surface area contributed by atoms with Crippen molar-refractivity contribution in [3.63, 3.8) is 0 Å². The first kappa shape index (κ1) is 16.5. The number of benzene rings is 2. The Morgan fingerprint density at radius 3 is 2.50 bits per heavy atom. The quantitative estimate of drug-likeness (QED) is 0.924. The molecular formula is C18H19ClN2O3. The maximum absolute atomic E-state index is 12.2. The highest BCUT2D eigenvalue weighted by atomic mass is 35.5. The first-order chi connectivity index (χ1) is 11.6. The van der Waals surface area contributed by atoms with Crippen LogP contribution < -0.4 is 4.90 Å². The summed E-state index contributed by atoms with van der Waals surface area (Å²) < 4.78 is 5.35. The number of hydrogen-bond acceptors (Lipinski definition) is 4. The van der Waals surface area contributed by atoms with E-state index in [1.54, 1.807) is 23.1 Å². The van der Waals surface area contributed by atoms with Gasteiger partial charge in [-0.05, 0) is 23.8 Å². The fraction of sp³-hybridized carbons (Fsp3) is 0.278. The summed E-state index contributed by atoms with van der Waals surface area (Å²) in [7, 11) is 0. The predicted octanol–water partition coefficient (Wildman–Crippen LogP) is 3.50. The second-order valence-electron chi connectivity index (χ2n) is 5.65. The Hall–Kier alpha value is -2.40. The van der Waals surface area contributed by atoms with E-state index in [-0.39, 0.29) is 18.4 Å². The summed E-state index contributed by atoms with van der Waals surface area (Å²) in [5, 5.41) is 10.5. The van der Waals surface area contributed by atoms with Gasteiger partial charge in [-0.25, -0.2) is 4.79 Å². The second-order valence-corrected chi connectivity index (χ2v) is 6.08. The van der Waals surface area contributed by atoms with Crippen molar-refractivity contribution in [3.8, 4) is 5.75 Å². The zero-order valence-electron chi connectivity index (χ0n) is 13.2. The highest BCUT2D eigenvalue weighted by molar-refractivity contribution is 6.30. The minimum atomic E-state index is -0.311. The van der Waals surface area contributed by atoms with Crippen molar-refractivity contribution in [1.29, 1.82) is 0 Å². The van der Waals surface area contributed by atoms with E-state index >= 15 is 0 Å². The molecule has 0 unspecified atom stereocenters. The van der Waals surface area contributed by atoms with Crippen LogP contribution >= 0.6 is 11.6 Å². The number of amides is 1. The molecule has 0 aromatic heterocycles. The van der Waals surface area contributed by atoms with Crippen LogP contribution in [-0.4, -0.2) is 42.3 Å². The number of carbonyl (C=O) groups is 1. The standard InChI is InChI=1S/C18H19ClN2O3/c19-15-6-7-17(22)16(12-15)20-8-10-21(11-9-20)18(23)24-13-14-4-2-1-3-5-14/h1-7,12,22H,8-11,13H2. The van der Waals surface area contributed by atoms with Crippen molar-refractivity contribution < 1.29 is 14.6 Å². The van der Waals surface area contributed by atoms with Crippen LogP contribution in [0, 0.1) is 0 Å². The van der Waals surface area contributed by atoms with E-state index in [2.05, 4.69) is 0 Å². The monoisotopic (exact) mass is 346 g/mol. The zero-order chi connectivity index (χ0) is 16.9. The molecule has 126 valence electrons. The van der Waals surface area contributed by atoms with Gasteiger partial charge in [0, 0.05) is 31.2 Å². The van der Waals surface area contributed by atoms with Gasteiger partial charge in [0.05, 0.1) is 5.69 Å². The van der Waals surface area contributed by atoms with Gasteiger partial charge in [-0.2, -0.15) is 0 Å². The van der Waals surface area contributed by atoms with Crippen molar-refractivity contribution in [1.82, 2.24) is 4.90 Å². The number of halogens is 1. The van der Waals surface area contributed by atoms with E-state index in [0.717, 1.165) is 5.56 Å². The van der Waals surface area contributed by atoms with Crippen LogP contribution in [0.4, 0.5) is 10.5 Å². The number of anilines is 1. The third kappa shape index (κ3) is 3.92. The van der Waals surface area contributed by atoms with Gasteiger partial charge in [-0.15, -0.1) is 0 Å². The Kier molecular flexibility index (Phi) is 5.11. The molecule has 0 spiro atoms. The SMILES string of the molecule is O=C(OCc1ccccc1)N1CCN(c2cc(Cl)ccc2O)CC1. The fourth-order valence-corrected chi connectivity index (χ4v) is 2.86. The first-order valence-corrected chi connectivity index (χ1v) is 8.20. The van der Waals surface area contributed by atoms with E-state index in [9.17, 15) is 9.90 Å². The molecule has 5 nitrogen and oxygen atoms in total. The number of piperazine rings is 1. The number of aromatic hydroxyl groups is 1. The van der Waals surface area contributed by atoms with Gasteiger partial charge in [-0.3, -0.25) is 0 Å². The van der Waals surface area contributed by atoms with Gasteiger partial charge in [0.25, 0.3) is 0 Å². The summed E-state index contributed by atoms with van der Waals surface area (Å²) in [6.45, 7) is 2.59. The number of nitrogens with zero attached hydrogens (tertiary/aromatic N) is 2.